The quantitative estimate of drug-likeness (QED) is 0.336. The summed E-state index contributed by atoms with van der Waals surface area (Å²) in [4.78, 5) is 23.2. The first-order chi connectivity index (χ1) is 12.7. The van der Waals surface area contributed by atoms with Crippen LogP contribution in [0.15, 0.2) is 45.4 Å². The molecule has 0 aliphatic carbocycles. The number of rotatable bonds is 9. The average Bonchev–Trinajstić information content (AvgIpc) is 2.65. The maximum absolute atomic E-state index is 13.2. The average molecular weight is 420 g/mol. The molecule has 0 N–H and O–H groups in total. The standard InChI is InChI=1S/C16H21O9PS/c1-5-24-26(19,25-6-2)13(15(17)22-3)14(16(18)23-4)27(20,21)12-10-8-7-9-11-12/h7-11H,5-6H2,1-4H3/b14-13+. The Morgan fingerprint density at radius 1 is 0.926 bits per heavy atom. The highest BCUT2D eigenvalue weighted by atomic mass is 32.2. The van der Waals surface area contributed by atoms with E-state index in [0.29, 0.717) is 0 Å². The smallest absolute Gasteiger partial charge is 0.370 e. The Morgan fingerprint density at radius 2 is 1.41 bits per heavy atom. The number of hydrogen-bond acceptors (Lipinski definition) is 9. The first-order valence-corrected chi connectivity index (χ1v) is 10.8. The molecule has 0 aliphatic rings. The van der Waals surface area contributed by atoms with E-state index in [1.54, 1.807) is 6.07 Å². The summed E-state index contributed by atoms with van der Waals surface area (Å²) in [7, 11) is -7.27. The van der Waals surface area contributed by atoms with Crippen molar-refractivity contribution >= 4 is 29.4 Å². The fraction of sp³-hybridized carbons (Fsp3) is 0.375. The molecule has 0 radical (unpaired) electrons. The maximum atomic E-state index is 13.2. The largest absolute Gasteiger partial charge is 0.465 e. The molecule has 0 bridgehead atoms. The molecule has 27 heavy (non-hydrogen) atoms. The molecule has 0 saturated heterocycles. The topological polar surface area (TPSA) is 122 Å². The number of esters is 2. The van der Waals surface area contributed by atoms with Crippen LogP contribution in [0.25, 0.3) is 0 Å². The number of carbonyl (C=O) groups excluding carboxylic acids is 2. The van der Waals surface area contributed by atoms with Gasteiger partial charge in [0.05, 0.1) is 32.3 Å². The zero-order valence-electron chi connectivity index (χ0n) is 15.3. The highest BCUT2D eigenvalue weighted by Crippen LogP contribution is 2.58. The van der Waals surface area contributed by atoms with Gasteiger partial charge in [0.15, 0.2) is 10.2 Å². The molecule has 0 amide bonds. The second kappa shape index (κ2) is 9.80. The molecular weight excluding hydrogens is 399 g/mol. The van der Waals surface area contributed by atoms with E-state index in [2.05, 4.69) is 9.47 Å². The molecule has 1 rings (SSSR count). The van der Waals surface area contributed by atoms with Crippen LogP contribution in [0.5, 0.6) is 0 Å². The minimum Gasteiger partial charge on any atom is -0.465 e. The van der Waals surface area contributed by atoms with Crippen LogP contribution in [-0.4, -0.2) is 47.8 Å². The summed E-state index contributed by atoms with van der Waals surface area (Å²) in [5.74, 6) is -2.75. The summed E-state index contributed by atoms with van der Waals surface area (Å²) >= 11 is 0. The normalized spacial score (nSPS) is 12.9. The van der Waals surface area contributed by atoms with Gasteiger partial charge in [-0.2, -0.15) is 0 Å². The van der Waals surface area contributed by atoms with Crippen LogP contribution >= 0.6 is 7.60 Å². The van der Waals surface area contributed by atoms with Crippen molar-refractivity contribution in [3.8, 4) is 0 Å². The van der Waals surface area contributed by atoms with Crippen molar-refractivity contribution in [3.05, 3.63) is 40.6 Å². The summed E-state index contributed by atoms with van der Waals surface area (Å²) in [6.45, 7) is 2.56. The third-order valence-electron chi connectivity index (χ3n) is 3.16. The van der Waals surface area contributed by atoms with E-state index in [9.17, 15) is 22.6 Å². The van der Waals surface area contributed by atoms with Crippen molar-refractivity contribution in [2.45, 2.75) is 18.7 Å². The molecule has 0 aliphatic heterocycles. The predicted octanol–water partition coefficient (Wildman–Crippen LogP) is 2.28. The second-order valence-electron chi connectivity index (χ2n) is 4.81. The van der Waals surface area contributed by atoms with Crippen LogP contribution in [0.3, 0.4) is 0 Å². The molecule has 0 saturated carbocycles. The van der Waals surface area contributed by atoms with Crippen LogP contribution in [0, 0.1) is 0 Å². The van der Waals surface area contributed by atoms with Gasteiger partial charge in [-0.25, -0.2) is 18.0 Å². The van der Waals surface area contributed by atoms with Crippen molar-refractivity contribution in [2.24, 2.45) is 0 Å². The molecule has 0 atom stereocenters. The van der Waals surface area contributed by atoms with Gasteiger partial charge in [-0.3, -0.25) is 4.57 Å². The first-order valence-electron chi connectivity index (χ1n) is 7.80. The van der Waals surface area contributed by atoms with Gasteiger partial charge < -0.3 is 18.5 Å². The Kier molecular flexibility index (Phi) is 8.36. The molecule has 11 heteroatoms. The molecule has 0 aromatic heterocycles. The molecule has 150 valence electrons. The van der Waals surface area contributed by atoms with Crippen molar-refractivity contribution in [2.75, 3.05) is 27.4 Å². The van der Waals surface area contributed by atoms with Gasteiger partial charge in [-0.05, 0) is 26.0 Å². The van der Waals surface area contributed by atoms with Crippen LogP contribution < -0.4 is 0 Å². The molecule has 9 nitrogen and oxygen atoms in total. The van der Waals surface area contributed by atoms with E-state index in [1.807, 2.05) is 0 Å². The highest BCUT2D eigenvalue weighted by molar-refractivity contribution is 7.96. The second-order valence-corrected chi connectivity index (χ2v) is 8.66. The van der Waals surface area contributed by atoms with E-state index < -0.39 is 39.6 Å². The van der Waals surface area contributed by atoms with Crippen LogP contribution in [0.2, 0.25) is 0 Å². The number of ether oxygens (including phenoxy) is 2. The Labute approximate surface area is 157 Å². The zero-order chi connectivity index (χ0) is 20.7. The van der Waals surface area contributed by atoms with Crippen LogP contribution in [0.4, 0.5) is 0 Å². The van der Waals surface area contributed by atoms with Crippen molar-refractivity contribution < 1.29 is 41.1 Å². The molecule has 1 aromatic carbocycles. The van der Waals surface area contributed by atoms with Gasteiger partial charge in [-0.15, -0.1) is 0 Å². The van der Waals surface area contributed by atoms with Gasteiger partial charge in [0.2, 0.25) is 9.84 Å². The molecule has 1 aromatic rings. The number of benzene rings is 1. The van der Waals surface area contributed by atoms with Crippen molar-refractivity contribution in [3.63, 3.8) is 0 Å². The van der Waals surface area contributed by atoms with Gasteiger partial charge in [0.1, 0.15) is 0 Å². The summed E-state index contributed by atoms with van der Waals surface area (Å²) in [6, 6.07) is 6.82. The van der Waals surface area contributed by atoms with E-state index in [0.717, 1.165) is 14.2 Å². The third kappa shape index (κ3) is 5.04. The fourth-order valence-corrected chi connectivity index (χ4v) is 5.83. The summed E-state index contributed by atoms with van der Waals surface area (Å²) in [6.07, 6.45) is 0. The molecule has 0 heterocycles. The lowest BCUT2D eigenvalue weighted by molar-refractivity contribution is -0.138. The fourth-order valence-electron chi connectivity index (χ4n) is 2.08. The Balaban J connectivity index is 3.99. The van der Waals surface area contributed by atoms with E-state index in [4.69, 9.17) is 9.05 Å². The van der Waals surface area contributed by atoms with E-state index in [1.165, 1.54) is 38.1 Å². The summed E-state index contributed by atoms with van der Waals surface area (Å²) in [5.41, 5.74) is 0. The predicted molar refractivity (Wildman–Crippen MR) is 95.5 cm³/mol. The Hall–Kier alpha value is -2.00. The third-order valence-corrected chi connectivity index (χ3v) is 7.26. The van der Waals surface area contributed by atoms with Crippen LogP contribution in [0.1, 0.15) is 13.8 Å². The lowest BCUT2D eigenvalue weighted by Crippen LogP contribution is -2.23. The zero-order valence-corrected chi connectivity index (χ0v) is 17.0. The summed E-state index contributed by atoms with van der Waals surface area (Å²) in [5, 5.41) is -1.04. The van der Waals surface area contributed by atoms with E-state index in [-0.39, 0.29) is 18.1 Å². The molecule has 0 fully saturated rings. The Bertz CT molecular complexity index is 849. The highest BCUT2D eigenvalue weighted by Gasteiger charge is 2.46. The van der Waals surface area contributed by atoms with Crippen molar-refractivity contribution in [1.82, 2.24) is 0 Å². The maximum Gasteiger partial charge on any atom is 0.370 e. The molecule has 0 unspecified atom stereocenters. The first kappa shape index (κ1) is 23.0. The number of methoxy groups -OCH3 is 2. The van der Waals surface area contributed by atoms with E-state index >= 15 is 0 Å². The van der Waals surface area contributed by atoms with Gasteiger partial charge >= 0.3 is 19.5 Å². The number of sulfone groups is 1. The lowest BCUT2D eigenvalue weighted by Gasteiger charge is -2.21. The molecule has 0 spiro atoms. The number of hydrogen-bond donors (Lipinski definition) is 0. The number of carbonyl (C=O) groups is 2. The SMILES string of the molecule is CCOP(=O)(OCC)/C(C(=O)OC)=C(\C(=O)OC)S(=O)(=O)c1ccccc1. The van der Waals surface area contributed by atoms with Crippen molar-refractivity contribution in [1.29, 1.82) is 0 Å². The molecular formula is C16H21O9PS. The summed E-state index contributed by atoms with van der Waals surface area (Å²) < 4.78 is 58.5. The van der Waals surface area contributed by atoms with Crippen LogP contribution in [-0.2, 0) is 42.5 Å². The minimum absolute atomic E-state index is 0.183. The monoisotopic (exact) mass is 420 g/mol. The van der Waals surface area contributed by atoms with Gasteiger partial charge in [0, 0.05) is 0 Å². The van der Waals surface area contributed by atoms with Gasteiger partial charge in [0.25, 0.3) is 0 Å². The van der Waals surface area contributed by atoms with Gasteiger partial charge in [-0.1, -0.05) is 18.2 Å². The Morgan fingerprint density at radius 3 is 1.81 bits per heavy atom. The minimum atomic E-state index is -4.61. The lowest BCUT2D eigenvalue weighted by atomic mass is 10.4.